The van der Waals surface area contributed by atoms with E-state index in [0.717, 1.165) is 0 Å². The summed E-state index contributed by atoms with van der Waals surface area (Å²) in [6, 6.07) is 10.3. The van der Waals surface area contributed by atoms with E-state index in [-0.39, 0.29) is 5.91 Å². The number of nitrogens with one attached hydrogen (secondary N) is 1. The SMILES string of the molecule is COCCOc1ccc(C(=O)Nc2ccc(OC)c(OC)c2)cc1Br. The predicted octanol–water partition coefficient (Wildman–Crippen LogP) is 3.74. The topological polar surface area (TPSA) is 66.0 Å². The van der Waals surface area contributed by atoms with E-state index in [1.807, 2.05) is 0 Å². The van der Waals surface area contributed by atoms with Crippen molar-refractivity contribution in [2.45, 2.75) is 0 Å². The van der Waals surface area contributed by atoms with Crippen LogP contribution in [0.25, 0.3) is 0 Å². The maximum Gasteiger partial charge on any atom is 0.255 e. The Labute approximate surface area is 155 Å². The van der Waals surface area contributed by atoms with Crippen LogP contribution in [0.1, 0.15) is 10.4 Å². The number of benzene rings is 2. The normalized spacial score (nSPS) is 10.2. The van der Waals surface area contributed by atoms with Crippen LogP contribution in [0, 0.1) is 0 Å². The van der Waals surface area contributed by atoms with Crippen molar-refractivity contribution in [3.63, 3.8) is 0 Å². The summed E-state index contributed by atoms with van der Waals surface area (Å²) in [7, 11) is 4.72. The van der Waals surface area contributed by atoms with Crippen molar-refractivity contribution in [1.29, 1.82) is 0 Å². The van der Waals surface area contributed by atoms with Crippen molar-refractivity contribution in [1.82, 2.24) is 0 Å². The third-order valence-corrected chi connectivity index (χ3v) is 4.00. The highest BCUT2D eigenvalue weighted by atomic mass is 79.9. The molecule has 1 amide bonds. The molecular weight excluding hydrogens is 390 g/mol. The van der Waals surface area contributed by atoms with Gasteiger partial charge in [-0.2, -0.15) is 0 Å². The van der Waals surface area contributed by atoms with Gasteiger partial charge in [-0.15, -0.1) is 0 Å². The smallest absolute Gasteiger partial charge is 0.255 e. The van der Waals surface area contributed by atoms with Crippen LogP contribution in [-0.2, 0) is 4.74 Å². The van der Waals surface area contributed by atoms with E-state index in [4.69, 9.17) is 18.9 Å². The minimum absolute atomic E-state index is 0.239. The molecule has 0 saturated heterocycles. The van der Waals surface area contributed by atoms with Crippen LogP contribution in [-0.4, -0.2) is 40.5 Å². The summed E-state index contributed by atoms with van der Waals surface area (Å²) >= 11 is 3.41. The van der Waals surface area contributed by atoms with E-state index < -0.39 is 0 Å². The average molecular weight is 410 g/mol. The van der Waals surface area contributed by atoms with Crippen molar-refractivity contribution >= 4 is 27.5 Å². The number of methoxy groups -OCH3 is 3. The predicted molar refractivity (Wildman–Crippen MR) is 99.0 cm³/mol. The van der Waals surface area contributed by atoms with Crippen LogP contribution in [0.2, 0.25) is 0 Å². The number of rotatable bonds is 8. The monoisotopic (exact) mass is 409 g/mol. The molecule has 6 nitrogen and oxygen atoms in total. The fraction of sp³-hybridized carbons (Fsp3) is 0.278. The average Bonchev–Trinajstić information content (AvgIpc) is 2.63. The number of halogens is 1. The molecule has 25 heavy (non-hydrogen) atoms. The van der Waals surface area contributed by atoms with E-state index >= 15 is 0 Å². The Kier molecular flexibility index (Phi) is 7.09. The molecule has 0 saturated carbocycles. The van der Waals surface area contributed by atoms with Gasteiger partial charge in [0.1, 0.15) is 12.4 Å². The molecule has 0 aromatic heterocycles. The molecule has 0 aliphatic heterocycles. The summed E-state index contributed by atoms with van der Waals surface area (Å²) in [6.07, 6.45) is 0. The summed E-state index contributed by atoms with van der Waals surface area (Å²) in [6.45, 7) is 0.931. The Morgan fingerprint density at radius 2 is 1.68 bits per heavy atom. The molecule has 2 rings (SSSR count). The van der Waals surface area contributed by atoms with Gasteiger partial charge in [-0.3, -0.25) is 4.79 Å². The largest absolute Gasteiger partial charge is 0.493 e. The maximum absolute atomic E-state index is 12.4. The number of anilines is 1. The molecule has 2 aromatic rings. The third kappa shape index (κ3) is 5.11. The first kappa shape index (κ1) is 19.1. The van der Waals surface area contributed by atoms with Crippen molar-refractivity contribution in [2.75, 3.05) is 39.9 Å². The standard InChI is InChI=1S/C18H20BrNO5/c1-22-8-9-25-15-6-4-12(10-14(15)19)18(21)20-13-5-7-16(23-2)17(11-13)24-3/h4-7,10-11H,8-9H2,1-3H3,(H,20,21). The number of hydrogen-bond acceptors (Lipinski definition) is 5. The summed E-state index contributed by atoms with van der Waals surface area (Å²) in [4.78, 5) is 12.4. The van der Waals surface area contributed by atoms with Gasteiger partial charge in [-0.05, 0) is 46.3 Å². The first-order valence-corrected chi connectivity index (χ1v) is 8.33. The molecule has 0 aliphatic rings. The van der Waals surface area contributed by atoms with Gasteiger partial charge < -0.3 is 24.3 Å². The first-order valence-electron chi connectivity index (χ1n) is 7.53. The maximum atomic E-state index is 12.4. The number of carbonyl (C=O) groups is 1. The molecule has 0 unspecified atom stereocenters. The molecule has 7 heteroatoms. The molecule has 0 atom stereocenters. The van der Waals surface area contributed by atoms with Gasteiger partial charge in [0.25, 0.3) is 5.91 Å². The Morgan fingerprint density at radius 1 is 0.960 bits per heavy atom. The lowest BCUT2D eigenvalue weighted by molar-refractivity contribution is 0.102. The van der Waals surface area contributed by atoms with Gasteiger partial charge in [-0.25, -0.2) is 0 Å². The van der Waals surface area contributed by atoms with Crippen LogP contribution in [0.4, 0.5) is 5.69 Å². The minimum Gasteiger partial charge on any atom is -0.493 e. The van der Waals surface area contributed by atoms with Crippen molar-refractivity contribution in [3.05, 3.63) is 46.4 Å². The second-order valence-corrected chi connectivity index (χ2v) is 5.86. The molecule has 0 aliphatic carbocycles. The third-order valence-electron chi connectivity index (χ3n) is 3.38. The van der Waals surface area contributed by atoms with Crippen LogP contribution < -0.4 is 19.5 Å². The van der Waals surface area contributed by atoms with Gasteiger partial charge in [0.15, 0.2) is 11.5 Å². The van der Waals surface area contributed by atoms with Gasteiger partial charge in [0.2, 0.25) is 0 Å². The van der Waals surface area contributed by atoms with E-state index in [2.05, 4.69) is 21.2 Å². The van der Waals surface area contributed by atoms with Gasteiger partial charge >= 0.3 is 0 Å². The van der Waals surface area contributed by atoms with Crippen LogP contribution in [0.15, 0.2) is 40.9 Å². The Bertz CT molecular complexity index is 735. The Morgan fingerprint density at radius 3 is 2.32 bits per heavy atom. The highest BCUT2D eigenvalue weighted by Crippen LogP contribution is 2.30. The molecule has 0 fully saturated rings. The fourth-order valence-electron chi connectivity index (χ4n) is 2.11. The molecule has 2 aromatic carbocycles. The molecule has 134 valence electrons. The first-order chi connectivity index (χ1) is 12.1. The van der Waals surface area contributed by atoms with Crippen molar-refractivity contribution in [3.8, 4) is 17.2 Å². The number of hydrogen-bond donors (Lipinski definition) is 1. The highest BCUT2D eigenvalue weighted by Gasteiger charge is 2.11. The lowest BCUT2D eigenvalue weighted by Gasteiger charge is -2.12. The van der Waals surface area contributed by atoms with E-state index in [1.54, 1.807) is 57.7 Å². The van der Waals surface area contributed by atoms with Gasteiger partial charge in [-0.1, -0.05) is 0 Å². The number of amides is 1. The second kappa shape index (κ2) is 9.29. The highest BCUT2D eigenvalue weighted by molar-refractivity contribution is 9.10. The zero-order valence-corrected chi connectivity index (χ0v) is 15.9. The summed E-state index contributed by atoms with van der Waals surface area (Å²) in [5, 5.41) is 2.83. The van der Waals surface area contributed by atoms with Gasteiger partial charge in [0.05, 0.1) is 25.3 Å². The lowest BCUT2D eigenvalue weighted by Crippen LogP contribution is -2.12. The fourth-order valence-corrected chi connectivity index (χ4v) is 2.60. The molecule has 0 bridgehead atoms. The zero-order chi connectivity index (χ0) is 18.2. The van der Waals surface area contributed by atoms with Crippen LogP contribution in [0.3, 0.4) is 0 Å². The molecule has 0 radical (unpaired) electrons. The van der Waals surface area contributed by atoms with Crippen LogP contribution in [0.5, 0.6) is 17.2 Å². The summed E-state index contributed by atoms with van der Waals surface area (Å²) < 4.78 is 21.6. The summed E-state index contributed by atoms with van der Waals surface area (Å²) in [5.41, 5.74) is 1.11. The van der Waals surface area contributed by atoms with E-state index in [9.17, 15) is 4.79 Å². The lowest BCUT2D eigenvalue weighted by atomic mass is 10.2. The Hall–Kier alpha value is -2.25. The van der Waals surface area contributed by atoms with Crippen molar-refractivity contribution in [2.24, 2.45) is 0 Å². The molecule has 0 spiro atoms. The minimum atomic E-state index is -0.239. The van der Waals surface area contributed by atoms with Gasteiger partial charge in [0, 0.05) is 24.4 Å². The van der Waals surface area contributed by atoms with E-state index in [1.165, 1.54) is 0 Å². The quantitative estimate of drug-likeness (QED) is 0.672. The molecule has 0 heterocycles. The zero-order valence-electron chi connectivity index (χ0n) is 14.3. The molecular formula is C18H20BrNO5. The molecule has 1 N–H and O–H groups in total. The van der Waals surface area contributed by atoms with Crippen LogP contribution >= 0.6 is 15.9 Å². The Balaban J connectivity index is 2.09. The summed E-state index contributed by atoms with van der Waals surface area (Å²) in [5.74, 6) is 1.56. The van der Waals surface area contributed by atoms with E-state index in [0.29, 0.717) is 46.2 Å². The number of ether oxygens (including phenoxy) is 4. The second-order valence-electron chi connectivity index (χ2n) is 5.01. The number of carbonyl (C=O) groups excluding carboxylic acids is 1. The van der Waals surface area contributed by atoms with Crippen molar-refractivity contribution < 1.29 is 23.7 Å².